The van der Waals surface area contributed by atoms with Crippen LogP contribution in [0.4, 0.5) is 5.69 Å². The standard InChI is InChI=1S/C19H20N6/c1-2-24-13-22-23-19(24)14-6-5-9-25(12-14)18-15(10-20)11-21-17-8-4-3-7-16(17)18/h3-4,7-8,11,13-14H,2,5-6,9,12H2,1H3/t14-/m0/s1. The second-order valence-corrected chi connectivity index (χ2v) is 6.41. The van der Waals surface area contributed by atoms with Gasteiger partial charge in [0.15, 0.2) is 0 Å². The van der Waals surface area contributed by atoms with Gasteiger partial charge in [0.25, 0.3) is 0 Å². The van der Waals surface area contributed by atoms with Gasteiger partial charge in [-0.3, -0.25) is 4.98 Å². The van der Waals surface area contributed by atoms with Crippen molar-refractivity contribution >= 4 is 16.6 Å². The van der Waals surface area contributed by atoms with Crippen molar-refractivity contribution in [3.8, 4) is 6.07 Å². The van der Waals surface area contributed by atoms with E-state index in [-0.39, 0.29) is 0 Å². The highest BCUT2D eigenvalue weighted by atomic mass is 15.3. The van der Waals surface area contributed by atoms with E-state index in [0.29, 0.717) is 11.5 Å². The fraction of sp³-hybridized carbons (Fsp3) is 0.368. The number of para-hydroxylation sites is 1. The molecule has 126 valence electrons. The number of nitrogens with zero attached hydrogens (tertiary/aromatic N) is 6. The first-order chi connectivity index (χ1) is 12.3. The summed E-state index contributed by atoms with van der Waals surface area (Å²) in [5.41, 5.74) is 2.56. The first kappa shape index (κ1) is 15.6. The van der Waals surface area contributed by atoms with Crippen molar-refractivity contribution in [3.05, 3.63) is 48.2 Å². The average molecular weight is 332 g/mol. The summed E-state index contributed by atoms with van der Waals surface area (Å²) in [7, 11) is 0. The minimum absolute atomic E-state index is 0.328. The molecule has 1 aliphatic rings. The first-order valence-electron chi connectivity index (χ1n) is 8.72. The van der Waals surface area contributed by atoms with Crippen LogP contribution in [0.15, 0.2) is 36.8 Å². The quantitative estimate of drug-likeness (QED) is 0.737. The highest BCUT2D eigenvalue weighted by Crippen LogP contribution is 2.34. The molecule has 25 heavy (non-hydrogen) atoms. The summed E-state index contributed by atoms with van der Waals surface area (Å²) in [6.07, 6.45) is 5.66. The lowest BCUT2D eigenvalue weighted by Crippen LogP contribution is -2.36. The Bertz CT molecular complexity index is 938. The summed E-state index contributed by atoms with van der Waals surface area (Å²) in [5.74, 6) is 1.37. The average Bonchev–Trinajstić information content (AvgIpc) is 3.16. The Morgan fingerprint density at radius 2 is 2.20 bits per heavy atom. The number of aryl methyl sites for hydroxylation is 1. The van der Waals surface area contributed by atoms with E-state index in [4.69, 9.17) is 0 Å². The fourth-order valence-corrected chi connectivity index (χ4v) is 3.76. The molecule has 0 saturated carbocycles. The Kier molecular flexibility index (Phi) is 4.06. The number of fused-ring (bicyclic) bond motifs is 1. The van der Waals surface area contributed by atoms with Crippen molar-refractivity contribution < 1.29 is 0 Å². The molecule has 0 radical (unpaired) electrons. The lowest BCUT2D eigenvalue weighted by atomic mass is 9.95. The molecule has 1 fully saturated rings. The topological polar surface area (TPSA) is 70.6 Å². The van der Waals surface area contributed by atoms with Crippen LogP contribution in [-0.2, 0) is 6.54 Å². The van der Waals surface area contributed by atoms with Crippen LogP contribution in [-0.4, -0.2) is 32.8 Å². The number of rotatable bonds is 3. The molecule has 3 heterocycles. The van der Waals surface area contributed by atoms with Gasteiger partial charge in [-0.15, -0.1) is 10.2 Å². The van der Waals surface area contributed by atoms with Crippen LogP contribution in [0, 0.1) is 11.3 Å². The summed E-state index contributed by atoms with van der Waals surface area (Å²) < 4.78 is 2.12. The predicted molar refractivity (Wildman–Crippen MR) is 96.3 cm³/mol. The van der Waals surface area contributed by atoms with Crippen LogP contribution in [0.3, 0.4) is 0 Å². The molecular weight excluding hydrogens is 312 g/mol. The van der Waals surface area contributed by atoms with Crippen LogP contribution < -0.4 is 4.90 Å². The first-order valence-corrected chi connectivity index (χ1v) is 8.72. The number of piperidine rings is 1. The van der Waals surface area contributed by atoms with Crippen molar-refractivity contribution in [1.82, 2.24) is 19.7 Å². The molecule has 0 aliphatic carbocycles. The van der Waals surface area contributed by atoms with Gasteiger partial charge in [-0.25, -0.2) is 0 Å². The molecule has 0 unspecified atom stereocenters. The largest absolute Gasteiger partial charge is 0.369 e. The molecule has 0 amide bonds. The molecule has 1 atom stereocenters. The van der Waals surface area contributed by atoms with E-state index in [1.807, 2.05) is 18.2 Å². The Morgan fingerprint density at radius 3 is 3.04 bits per heavy atom. The van der Waals surface area contributed by atoms with Crippen molar-refractivity contribution in [1.29, 1.82) is 5.26 Å². The summed E-state index contributed by atoms with van der Waals surface area (Å²) in [6, 6.07) is 10.4. The summed E-state index contributed by atoms with van der Waals surface area (Å²) in [5, 5.41) is 19.1. The summed E-state index contributed by atoms with van der Waals surface area (Å²) >= 11 is 0. The third-order valence-electron chi connectivity index (χ3n) is 4.96. The highest BCUT2D eigenvalue weighted by Gasteiger charge is 2.27. The Labute approximate surface area is 146 Å². The van der Waals surface area contributed by atoms with E-state index >= 15 is 0 Å². The molecular formula is C19H20N6. The Balaban J connectivity index is 1.75. The van der Waals surface area contributed by atoms with Gasteiger partial charge >= 0.3 is 0 Å². The number of benzene rings is 1. The number of hydrogen-bond acceptors (Lipinski definition) is 5. The van der Waals surface area contributed by atoms with Gasteiger partial charge in [0.1, 0.15) is 18.2 Å². The minimum atomic E-state index is 0.328. The molecule has 0 spiro atoms. The molecule has 6 nitrogen and oxygen atoms in total. The SMILES string of the molecule is CCn1cnnc1[C@H]1CCCN(c2c(C#N)cnc3ccccc23)C1. The molecule has 1 saturated heterocycles. The lowest BCUT2D eigenvalue weighted by Gasteiger charge is -2.35. The van der Waals surface area contributed by atoms with Crippen molar-refractivity contribution in [2.24, 2.45) is 0 Å². The molecule has 3 aromatic rings. The maximum absolute atomic E-state index is 9.60. The van der Waals surface area contributed by atoms with Crippen LogP contribution in [0.2, 0.25) is 0 Å². The third-order valence-corrected chi connectivity index (χ3v) is 4.96. The predicted octanol–water partition coefficient (Wildman–Crippen LogP) is 3.10. The number of pyridine rings is 1. The fourth-order valence-electron chi connectivity index (χ4n) is 3.76. The van der Waals surface area contributed by atoms with E-state index in [2.05, 4.69) is 43.7 Å². The van der Waals surface area contributed by atoms with Crippen molar-refractivity contribution in [2.75, 3.05) is 18.0 Å². The van der Waals surface area contributed by atoms with Gasteiger partial charge in [0.05, 0.1) is 16.8 Å². The smallest absolute Gasteiger partial charge is 0.137 e. The van der Waals surface area contributed by atoms with E-state index < -0.39 is 0 Å². The second kappa shape index (κ2) is 6.52. The van der Waals surface area contributed by atoms with Crippen LogP contribution in [0.25, 0.3) is 10.9 Å². The molecule has 0 bridgehead atoms. The minimum Gasteiger partial charge on any atom is -0.369 e. The normalized spacial score (nSPS) is 17.6. The molecule has 1 aromatic carbocycles. The van der Waals surface area contributed by atoms with Crippen molar-refractivity contribution in [3.63, 3.8) is 0 Å². The number of aromatic nitrogens is 4. The van der Waals surface area contributed by atoms with Gasteiger partial charge in [-0.1, -0.05) is 18.2 Å². The zero-order valence-corrected chi connectivity index (χ0v) is 14.3. The maximum atomic E-state index is 9.60. The lowest BCUT2D eigenvalue weighted by molar-refractivity contribution is 0.473. The van der Waals surface area contributed by atoms with Gasteiger partial charge in [-0.05, 0) is 25.8 Å². The molecule has 6 heteroatoms. The molecule has 2 aromatic heterocycles. The number of nitriles is 1. The van der Waals surface area contributed by atoms with Crippen LogP contribution in [0.1, 0.15) is 37.1 Å². The maximum Gasteiger partial charge on any atom is 0.137 e. The van der Waals surface area contributed by atoms with Gasteiger partial charge in [0.2, 0.25) is 0 Å². The van der Waals surface area contributed by atoms with E-state index in [1.54, 1.807) is 12.5 Å². The Morgan fingerprint density at radius 1 is 1.32 bits per heavy atom. The van der Waals surface area contributed by atoms with Crippen molar-refractivity contribution in [2.45, 2.75) is 32.2 Å². The van der Waals surface area contributed by atoms with Crippen LogP contribution in [0.5, 0.6) is 0 Å². The highest BCUT2D eigenvalue weighted by molar-refractivity contribution is 5.94. The second-order valence-electron chi connectivity index (χ2n) is 6.41. The molecule has 0 N–H and O–H groups in total. The molecule has 1 aliphatic heterocycles. The summed E-state index contributed by atoms with van der Waals surface area (Å²) in [4.78, 5) is 6.75. The van der Waals surface area contributed by atoms with Gasteiger partial charge in [0, 0.05) is 37.1 Å². The van der Waals surface area contributed by atoms with Gasteiger partial charge in [-0.2, -0.15) is 5.26 Å². The zero-order chi connectivity index (χ0) is 17.2. The summed E-state index contributed by atoms with van der Waals surface area (Å²) in [6.45, 7) is 4.78. The molecule has 4 rings (SSSR count). The Hall–Kier alpha value is -2.94. The number of hydrogen-bond donors (Lipinski definition) is 0. The van der Waals surface area contributed by atoms with Gasteiger partial charge < -0.3 is 9.47 Å². The van der Waals surface area contributed by atoms with E-state index in [0.717, 1.165) is 54.9 Å². The van der Waals surface area contributed by atoms with E-state index in [9.17, 15) is 5.26 Å². The third kappa shape index (κ3) is 2.72. The van der Waals surface area contributed by atoms with E-state index in [1.165, 1.54) is 0 Å². The van der Waals surface area contributed by atoms with Crippen LogP contribution >= 0.6 is 0 Å². The monoisotopic (exact) mass is 332 g/mol. The zero-order valence-electron chi connectivity index (χ0n) is 14.3. The number of anilines is 1.